The molecule has 3 atom stereocenters. The number of ether oxygens (including phenoxy) is 1. The average Bonchev–Trinajstić information content (AvgIpc) is 3.22. The largest absolute Gasteiger partial charge is 0.490 e. The van der Waals surface area contributed by atoms with Gasteiger partial charge < -0.3 is 46.4 Å². The summed E-state index contributed by atoms with van der Waals surface area (Å²) in [6.45, 7) is 1.02. The lowest BCUT2D eigenvalue weighted by atomic mass is 10.1. The molecule has 0 aliphatic carbocycles. The Hall–Kier alpha value is -6.55. The number of unbranched alkanes of at least 4 members (excludes halogenated alkanes) is 1. The Morgan fingerprint density at radius 3 is 1.29 bits per heavy atom. The van der Waals surface area contributed by atoms with Crippen LogP contribution in [0.1, 0.15) is 61.6 Å². The fourth-order valence-electron chi connectivity index (χ4n) is 5.02. The zero-order valence-corrected chi connectivity index (χ0v) is 33.5. The molecule has 0 unspecified atom stereocenters. The van der Waals surface area contributed by atoms with E-state index in [1.807, 2.05) is 91.0 Å². The van der Waals surface area contributed by atoms with Crippen LogP contribution >= 0.6 is 0 Å². The summed E-state index contributed by atoms with van der Waals surface area (Å²) in [4.78, 5) is 79.9. The number of amides is 2. The van der Waals surface area contributed by atoms with Gasteiger partial charge in [-0.2, -0.15) is 26.3 Å². The molecule has 22 heteroatoms. The first kappa shape index (κ1) is 54.5. The van der Waals surface area contributed by atoms with Crippen molar-refractivity contribution in [2.75, 3.05) is 6.54 Å². The quantitative estimate of drug-likeness (QED) is 0.0361. The van der Waals surface area contributed by atoms with Crippen LogP contribution in [0.4, 0.5) is 26.3 Å². The van der Waals surface area contributed by atoms with Gasteiger partial charge in [-0.25, -0.2) is 14.4 Å². The summed E-state index contributed by atoms with van der Waals surface area (Å²) in [7, 11) is 0. The predicted molar refractivity (Wildman–Crippen MR) is 210 cm³/mol. The highest BCUT2D eigenvalue weighted by Crippen LogP contribution is 2.14. The number of carboxylic acids is 4. The zero-order valence-electron chi connectivity index (χ0n) is 33.5. The van der Waals surface area contributed by atoms with E-state index in [1.165, 1.54) is 0 Å². The van der Waals surface area contributed by atoms with Gasteiger partial charge in [0.25, 0.3) is 0 Å². The van der Waals surface area contributed by atoms with Crippen LogP contribution < -0.4 is 21.3 Å². The number of hydrogen-bond acceptors (Lipinski definition) is 10. The van der Waals surface area contributed by atoms with Crippen LogP contribution in [0.3, 0.4) is 0 Å². The van der Waals surface area contributed by atoms with E-state index >= 15 is 0 Å². The SMILES string of the molecule is O=C(O)C(F)(F)F.O=C(O)C(F)(F)F.O=C(O)CC[C@H](NCc1ccccc1)C(=O)NCCCC[C@H](NC(=O)[C@H](CCC(=O)O)NCc1ccccc1)C(=O)OCc1ccccc1. The van der Waals surface area contributed by atoms with Gasteiger partial charge in [-0.05, 0) is 48.8 Å². The lowest BCUT2D eigenvalue weighted by molar-refractivity contribution is -0.193. The number of halogens is 6. The van der Waals surface area contributed by atoms with Crippen molar-refractivity contribution in [3.05, 3.63) is 108 Å². The van der Waals surface area contributed by atoms with Crippen LogP contribution in [0.25, 0.3) is 0 Å². The molecule has 0 fully saturated rings. The van der Waals surface area contributed by atoms with E-state index in [1.54, 1.807) is 0 Å². The van der Waals surface area contributed by atoms with E-state index in [-0.39, 0.29) is 51.2 Å². The molecule has 3 rings (SSSR count). The van der Waals surface area contributed by atoms with Crippen molar-refractivity contribution in [3.63, 3.8) is 0 Å². The number of carbonyl (C=O) groups excluding carboxylic acids is 3. The van der Waals surface area contributed by atoms with E-state index in [4.69, 9.17) is 29.6 Å². The monoisotopic (exact) mass is 902 g/mol. The first-order chi connectivity index (χ1) is 29.6. The van der Waals surface area contributed by atoms with Gasteiger partial charge in [-0.1, -0.05) is 91.0 Å². The van der Waals surface area contributed by atoms with Crippen molar-refractivity contribution in [2.24, 2.45) is 0 Å². The van der Waals surface area contributed by atoms with E-state index < -0.39 is 66.2 Å². The highest BCUT2D eigenvalue weighted by Gasteiger charge is 2.39. The Labute approximate surface area is 357 Å². The lowest BCUT2D eigenvalue weighted by Crippen LogP contribution is -2.50. The molecule has 0 spiro atoms. The van der Waals surface area contributed by atoms with E-state index in [2.05, 4.69) is 21.3 Å². The lowest BCUT2D eigenvalue weighted by Gasteiger charge is -2.23. The summed E-state index contributed by atoms with van der Waals surface area (Å²) in [5.74, 6) is -9.01. The van der Waals surface area contributed by atoms with Crippen molar-refractivity contribution >= 4 is 41.7 Å². The van der Waals surface area contributed by atoms with Crippen molar-refractivity contribution in [1.82, 2.24) is 21.3 Å². The maximum Gasteiger partial charge on any atom is 0.490 e. The van der Waals surface area contributed by atoms with Crippen molar-refractivity contribution < 1.29 is 85.1 Å². The van der Waals surface area contributed by atoms with Gasteiger partial charge in [-0.3, -0.25) is 19.2 Å². The van der Waals surface area contributed by atoms with Crippen LogP contribution in [0, 0.1) is 0 Å². The molecule has 0 aromatic heterocycles. The van der Waals surface area contributed by atoms with E-state index in [9.17, 15) is 55.4 Å². The number of hydrogen-bond donors (Lipinski definition) is 8. The molecule has 346 valence electrons. The number of alkyl halides is 6. The molecule has 8 N–H and O–H groups in total. The number of benzene rings is 3. The Kier molecular flexibility index (Phi) is 25.0. The third-order valence-electron chi connectivity index (χ3n) is 8.25. The summed E-state index contributed by atoms with van der Waals surface area (Å²) in [5, 5.41) is 44.5. The summed E-state index contributed by atoms with van der Waals surface area (Å²) < 4.78 is 69.0. The molecule has 63 heavy (non-hydrogen) atoms. The highest BCUT2D eigenvalue weighted by molar-refractivity contribution is 5.88. The number of aliphatic carboxylic acids is 4. The van der Waals surface area contributed by atoms with Gasteiger partial charge in [0, 0.05) is 32.5 Å². The van der Waals surface area contributed by atoms with Crippen LogP contribution in [-0.2, 0) is 58.0 Å². The Balaban J connectivity index is 0.00000121. The number of carboxylic acid groups (broad SMARTS) is 4. The van der Waals surface area contributed by atoms with Crippen LogP contribution in [-0.4, -0.2) is 99.1 Å². The second-order valence-electron chi connectivity index (χ2n) is 13.3. The minimum atomic E-state index is -5.08. The maximum atomic E-state index is 13.4. The van der Waals surface area contributed by atoms with Crippen LogP contribution in [0.15, 0.2) is 91.0 Å². The van der Waals surface area contributed by atoms with E-state index in [0.29, 0.717) is 25.9 Å². The van der Waals surface area contributed by atoms with Gasteiger partial charge in [0.2, 0.25) is 11.8 Å². The standard InChI is InChI=1S/C37H46N4O8.2C2HF3O2/c42-33(43)21-19-30(39-24-27-12-4-1-5-13-27)35(46)38-23-11-10-18-32(37(48)49-26-29-16-8-3-9-17-29)41-36(47)31(20-22-34(44)45)40-25-28-14-6-2-7-15-28;2*3-2(4,5)1(6)7/h1-9,12-17,30-32,39-40H,10-11,18-26H2,(H,38,46)(H,41,47)(H,42,43)(H,44,45);2*(H,6,7)/t30-,31-,32-;;/m0../s1. The first-order valence-electron chi connectivity index (χ1n) is 19.0. The second kappa shape index (κ2) is 28.9. The average molecular weight is 903 g/mol. The minimum absolute atomic E-state index is 0.0184. The van der Waals surface area contributed by atoms with Gasteiger partial charge >= 0.3 is 42.2 Å². The number of nitrogens with one attached hydrogen (secondary N) is 4. The molecule has 0 heterocycles. The molecule has 2 amide bonds. The Morgan fingerprint density at radius 2 is 0.905 bits per heavy atom. The zero-order chi connectivity index (χ0) is 47.4. The summed E-state index contributed by atoms with van der Waals surface area (Å²) in [5.41, 5.74) is 2.66. The first-order valence-corrected chi connectivity index (χ1v) is 19.0. The summed E-state index contributed by atoms with van der Waals surface area (Å²) >= 11 is 0. The second-order valence-corrected chi connectivity index (χ2v) is 13.3. The fraction of sp³-hybridized carbons (Fsp3) is 0.390. The fourth-order valence-corrected chi connectivity index (χ4v) is 5.02. The van der Waals surface area contributed by atoms with Crippen LogP contribution in [0.5, 0.6) is 0 Å². The van der Waals surface area contributed by atoms with Crippen molar-refractivity contribution in [3.8, 4) is 0 Å². The third kappa shape index (κ3) is 25.7. The molecule has 0 saturated heterocycles. The molecule has 0 aliphatic rings. The van der Waals surface area contributed by atoms with Gasteiger partial charge in [0.05, 0.1) is 12.1 Å². The summed E-state index contributed by atoms with van der Waals surface area (Å²) in [6, 6.07) is 25.4. The number of rotatable bonds is 23. The predicted octanol–water partition coefficient (Wildman–Crippen LogP) is 4.81. The molecular formula is C41H48F6N4O12. The number of carbonyl (C=O) groups is 7. The van der Waals surface area contributed by atoms with Crippen molar-refractivity contribution in [1.29, 1.82) is 0 Å². The maximum absolute atomic E-state index is 13.4. The Bertz CT molecular complexity index is 1850. The third-order valence-corrected chi connectivity index (χ3v) is 8.25. The normalized spacial score (nSPS) is 12.3. The van der Waals surface area contributed by atoms with Gasteiger partial charge in [0.15, 0.2) is 0 Å². The van der Waals surface area contributed by atoms with Gasteiger partial charge in [0.1, 0.15) is 12.6 Å². The molecule has 0 radical (unpaired) electrons. The molecule has 16 nitrogen and oxygen atoms in total. The molecule has 0 aliphatic heterocycles. The van der Waals surface area contributed by atoms with Crippen LogP contribution in [0.2, 0.25) is 0 Å². The minimum Gasteiger partial charge on any atom is -0.481 e. The molecule has 3 aromatic carbocycles. The molecule has 3 aromatic rings. The smallest absolute Gasteiger partial charge is 0.481 e. The molecular weight excluding hydrogens is 854 g/mol. The topological polar surface area (TPSA) is 258 Å². The number of esters is 1. The molecule has 0 saturated carbocycles. The van der Waals surface area contributed by atoms with Gasteiger partial charge in [-0.15, -0.1) is 0 Å². The highest BCUT2D eigenvalue weighted by atomic mass is 19.4. The van der Waals surface area contributed by atoms with Crippen molar-refractivity contribution in [2.45, 2.75) is 95.1 Å². The van der Waals surface area contributed by atoms with E-state index in [0.717, 1.165) is 16.7 Å². The summed E-state index contributed by atoms with van der Waals surface area (Å²) in [6.07, 6.45) is -9.29. The molecule has 0 bridgehead atoms. The Morgan fingerprint density at radius 1 is 0.524 bits per heavy atom.